The molecule has 0 bridgehead atoms. The molecule has 0 spiro atoms. The second-order valence-electron chi connectivity index (χ2n) is 4.86. The van der Waals surface area contributed by atoms with Crippen LogP contribution < -0.4 is 0 Å². The van der Waals surface area contributed by atoms with E-state index in [1.54, 1.807) is 0 Å². The van der Waals surface area contributed by atoms with E-state index in [1.807, 2.05) is 4.90 Å². The summed E-state index contributed by atoms with van der Waals surface area (Å²) in [4.78, 5) is 15.9. The number of carbonyl (C=O) groups excluding carboxylic acids is 1. The van der Waals surface area contributed by atoms with E-state index < -0.39 is 0 Å². The molecule has 17 heavy (non-hydrogen) atoms. The molecule has 1 amide bonds. The van der Waals surface area contributed by atoms with Crippen molar-refractivity contribution in [1.82, 2.24) is 9.80 Å². The largest absolute Gasteiger partial charge is 0.379 e. The maximum absolute atomic E-state index is 11.5. The Labute approximate surface area is 109 Å². The van der Waals surface area contributed by atoms with Crippen LogP contribution in [0.25, 0.3) is 0 Å². The first-order chi connectivity index (χ1) is 8.25. The van der Waals surface area contributed by atoms with Gasteiger partial charge in [0.25, 0.3) is 0 Å². The minimum atomic E-state index is 0.252. The maximum Gasteiger partial charge on any atom is 0.223 e. The number of carbonyl (C=O) groups is 1. The smallest absolute Gasteiger partial charge is 0.223 e. The summed E-state index contributed by atoms with van der Waals surface area (Å²) in [5.74, 6) is 0.274. The predicted octanol–water partition coefficient (Wildman–Crippen LogP) is 0.629. The van der Waals surface area contributed by atoms with Crippen LogP contribution in [0.5, 0.6) is 0 Å². The molecule has 2 heterocycles. The van der Waals surface area contributed by atoms with Gasteiger partial charge in [0.05, 0.1) is 13.2 Å². The van der Waals surface area contributed by atoms with Gasteiger partial charge in [0.15, 0.2) is 0 Å². The van der Waals surface area contributed by atoms with Crippen LogP contribution in [0, 0.1) is 0 Å². The van der Waals surface area contributed by atoms with Gasteiger partial charge in [-0.05, 0) is 19.4 Å². The second-order valence-corrected chi connectivity index (χ2v) is 5.59. The lowest BCUT2D eigenvalue weighted by atomic mass is 10.2. The van der Waals surface area contributed by atoms with Gasteiger partial charge in [-0.15, -0.1) is 0 Å². The molecular weight excluding hydrogens is 236 g/mol. The zero-order valence-corrected chi connectivity index (χ0v) is 11.2. The summed E-state index contributed by atoms with van der Waals surface area (Å²) in [7, 11) is 0. The van der Waals surface area contributed by atoms with Crippen LogP contribution in [0.2, 0.25) is 0 Å². The van der Waals surface area contributed by atoms with Crippen molar-refractivity contribution >= 4 is 18.5 Å². The minimum absolute atomic E-state index is 0.252. The van der Waals surface area contributed by atoms with Gasteiger partial charge in [0, 0.05) is 37.8 Å². The fraction of sp³-hybridized carbons (Fsp3) is 0.917. The summed E-state index contributed by atoms with van der Waals surface area (Å²) in [5, 5.41) is 0.252. The summed E-state index contributed by atoms with van der Waals surface area (Å²) >= 11 is 4.35. The normalized spacial score (nSPS) is 26.8. The Morgan fingerprint density at radius 3 is 2.59 bits per heavy atom. The number of morpholine rings is 1. The highest BCUT2D eigenvalue weighted by Crippen LogP contribution is 2.16. The third-order valence-corrected chi connectivity index (χ3v) is 3.80. The predicted molar refractivity (Wildman–Crippen MR) is 70.5 cm³/mol. The molecule has 2 aliphatic heterocycles. The van der Waals surface area contributed by atoms with E-state index in [2.05, 4.69) is 17.5 Å². The fourth-order valence-corrected chi connectivity index (χ4v) is 2.78. The highest BCUT2D eigenvalue weighted by atomic mass is 32.1. The number of unbranched alkanes of at least 4 members (excludes halogenated alkanes) is 1. The lowest BCUT2D eigenvalue weighted by molar-refractivity contribution is -0.127. The first-order valence-corrected chi connectivity index (χ1v) is 7.03. The molecule has 0 aromatic heterocycles. The SMILES string of the molecule is O=C1CC(S)CN1CCCCN1CCOCC1. The molecule has 0 radical (unpaired) electrons. The number of thiol groups is 1. The Bertz CT molecular complexity index is 257. The van der Waals surface area contributed by atoms with Crippen molar-refractivity contribution < 1.29 is 9.53 Å². The molecule has 0 N–H and O–H groups in total. The van der Waals surface area contributed by atoms with Crippen LogP contribution in [-0.2, 0) is 9.53 Å². The average Bonchev–Trinajstić information content (AvgIpc) is 2.65. The van der Waals surface area contributed by atoms with E-state index in [0.717, 1.165) is 52.4 Å². The quantitative estimate of drug-likeness (QED) is 0.580. The van der Waals surface area contributed by atoms with Gasteiger partial charge in [-0.1, -0.05) is 0 Å². The number of hydrogen-bond donors (Lipinski definition) is 1. The van der Waals surface area contributed by atoms with Crippen LogP contribution in [0.4, 0.5) is 0 Å². The third kappa shape index (κ3) is 4.16. The summed E-state index contributed by atoms with van der Waals surface area (Å²) in [6, 6.07) is 0. The highest BCUT2D eigenvalue weighted by Gasteiger charge is 2.26. The molecule has 1 atom stereocenters. The molecule has 0 aliphatic carbocycles. The van der Waals surface area contributed by atoms with Gasteiger partial charge in [0.1, 0.15) is 0 Å². The number of rotatable bonds is 5. The van der Waals surface area contributed by atoms with Crippen molar-refractivity contribution in [2.45, 2.75) is 24.5 Å². The zero-order valence-electron chi connectivity index (χ0n) is 10.3. The van der Waals surface area contributed by atoms with Gasteiger partial charge in [-0.3, -0.25) is 9.69 Å². The molecule has 5 heteroatoms. The number of likely N-dealkylation sites (tertiary alicyclic amines) is 1. The minimum Gasteiger partial charge on any atom is -0.379 e. The average molecular weight is 258 g/mol. The maximum atomic E-state index is 11.5. The second kappa shape index (κ2) is 6.61. The molecule has 4 nitrogen and oxygen atoms in total. The van der Waals surface area contributed by atoms with Crippen molar-refractivity contribution in [3.8, 4) is 0 Å². The number of nitrogens with zero attached hydrogens (tertiary/aromatic N) is 2. The summed E-state index contributed by atoms with van der Waals surface area (Å²) < 4.78 is 5.31. The number of hydrogen-bond acceptors (Lipinski definition) is 4. The molecule has 98 valence electrons. The Kier molecular flexibility index (Phi) is 5.13. The third-order valence-electron chi connectivity index (χ3n) is 3.45. The molecule has 0 saturated carbocycles. The number of ether oxygens (including phenoxy) is 1. The standard InChI is InChI=1S/C12H22N2O2S/c15-12-9-11(17)10-14(12)4-2-1-3-13-5-7-16-8-6-13/h11,17H,1-10H2. The molecular formula is C12H22N2O2S. The Hall–Kier alpha value is -0.260. The van der Waals surface area contributed by atoms with Gasteiger partial charge < -0.3 is 9.64 Å². The van der Waals surface area contributed by atoms with Crippen LogP contribution in [0.1, 0.15) is 19.3 Å². The van der Waals surface area contributed by atoms with Gasteiger partial charge >= 0.3 is 0 Å². The number of amides is 1. The van der Waals surface area contributed by atoms with Crippen molar-refractivity contribution in [1.29, 1.82) is 0 Å². The monoisotopic (exact) mass is 258 g/mol. The highest BCUT2D eigenvalue weighted by molar-refractivity contribution is 7.81. The summed E-state index contributed by atoms with van der Waals surface area (Å²) in [6.07, 6.45) is 2.89. The first-order valence-electron chi connectivity index (χ1n) is 6.51. The van der Waals surface area contributed by atoms with Crippen LogP contribution in [0.3, 0.4) is 0 Å². The molecule has 1 unspecified atom stereocenters. The van der Waals surface area contributed by atoms with Crippen LogP contribution in [-0.4, -0.2) is 66.9 Å². The summed E-state index contributed by atoms with van der Waals surface area (Å²) in [6.45, 7) is 6.72. The molecule has 2 aliphatic rings. The van der Waals surface area contributed by atoms with Crippen molar-refractivity contribution in [3.05, 3.63) is 0 Å². The van der Waals surface area contributed by atoms with E-state index in [9.17, 15) is 4.79 Å². The van der Waals surface area contributed by atoms with Crippen molar-refractivity contribution in [2.75, 3.05) is 45.9 Å². The first kappa shape index (κ1) is 13.2. The lowest BCUT2D eigenvalue weighted by Crippen LogP contribution is -2.37. The van der Waals surface area contributed by atoms with Gasteiger partial charge in [-0.25, -0.2) is 0 Å². The van der Waals surface area contributed by atoms with Crippen molar-refractivity contribution in [3.63, 3.8) is 0 Å². The van der Waals surface area contributed by atoms with Crippen molar-refractivity contribution in [2.24, 2.45) is 0 Å². The van der Waals surface area contributed by atoms with Gasteiger partial charge in [0.2, 0.25) is 5.91 Å². The molecule has 0 aromatic carbocycles. The van der Waals surface area contributed by atoms with Gasteiger partial charge in [-0.2, -0.15) is 12.6 Å². The molecule has 0 aromatic rings. The molecule has 2 saturated heterocycles. The lowest BCUT2D eigenvalue weighted by Gasteiger charge is -2.26. The van der Waals surface area contributed by atoms with E-state index in [-0.39, 0.29) is 11.2 Å². The fourth-order valence-electron chi connectivity index (χ4n) is 2.43. The van der Waals surface area contributed by atoms with Crippen LogP contribution >= 0.6 is 12.6 Å². The van der Waals surface area contributed by atoms with E-state index >= 15 is 0 Å². The molecule has 2 fully saturated rings. The van der Waals surface area contributed by atoms with E-state index in [1.165, 1.54) is 6.42 Å². The summed E-state index contributed by atoms with van der Waals surface area (Å²) in [5.41, 5.74) is 0. The van der Waals surface area contributed by atoms with E-state index in [0.29, 0.717) is 6.42 Å². The molecule has 2 rings (SSSR count). The Balaban J connectivity index is 1.55. The topological polar surface area (TPSA) is 32.8 Å². The zero-order chi connectivity index (χ0) is 12.1. The van der Waals surface area contributed by atoms with E-state index in [4.69, 9.17) is 4.74 Å². The van der Waals surface area contributed by atoms with Crippen LogP contribution in [0.15, 0.2) is 0 Å². The Morgan fingerprint density at radius 1 is 1.24 bits per heavy atom. The Morgan fingerprint density at radius 2 is 1.94 bits per heavy atom.